The molecule has 2 heterocycles. The molecule has 0 unspecified atom stereocenters. The van der Waals surface area contributed by atoms with Gasteiger partial charge in [-0.3, -0.25) is 4.79 Å². The molecule has 0 radical (unpaired) electrons. The predicted octanol–water partition coefficient (Wildman–Crippen LogP) is 6.05. The fraction of sp³-hybridized carbons (Fsp3) is 0.286. The van der Waals surface area contributed by atoms with Gasteiger partial charge in [-0.15, -0.1) is 21.5 Å². The van der Waals surface area contributed by atoms with E-state index in [1.807, 2.05) is 74.7 Å². The zero-order valence-corrected chi connectivity index (χ0v) is 23.7. The summed E-state index contributed by atoms with van der Waals surface area (Å²) in [7, 11) is 1.34. The van der Waals surface area contributed by atoms with Gasteiger partial charge in [0, 0.05) is 17.0 Å². The van der Waals surface area contributed by atoms with Crippen molar-refractivity contribution >= 4 is 40.0 Å². The lowest BCUT2D eigenvalue weighted by Crippen LogP contribution is -2.16. The van der Waals surface area contributed by atoms with Crippen molar-refractivity contribution in [1.82, 2.24) is 14.8 Å². The van der Waals surface area contributed by atoms with Crippen LogP contribution in [0, 0.1) is 20.8 Å². The number of ether oxygens (including phenoxy) is 2. The fourth-order valence-corrected chi connectivity index (χ4v) is 6.09. The largest absolute Gasteiger partial charge is 0.486 e. The summed E-state index contributed by atoms with van der Waals surface area (Å²) < 4.78 is 12.9. The second kappa shape index (κ2) is 12.3. The summed E-state index contributed by atoms with van der Waals surface area (Å²) >= 11 is 2.64. The Bertz CT molecular complexity index is 1430. The van der Waals surface area contributed by atoms with Gasteiger partial charge < -0.3 is 19.4 Å². The molecule has 10 heteroatoms. The molecule has 4 aromatic rings. The van der Waals surface area contributed by atoms with Gasteiger partial charge in [-0.2, -0.15) is 0 Å². The Morgan fingerprint density at radius 3 is 2.42 bits per heavy atom. The number of carbonyl (C=O) groups is 2. The van der Waals surface area contributed by atoms with Gasteiger partial charge in [0.25, 0.3) is 0 Å². The normalized spacial score (nSPS) is 10.9. The van der Waals surface area contributed by atoms with E-state index in [4.69, 9.17) is 9.47 Å². The minimum Gasteiger partial charge on any atom is -0.486 e. The summed E-state index contributed by atoms with van der Waals surface area (Å²) in [5.41, 5.74) is 4.28. The molecule has 0 aliphatic rings. The lowest BCUT2D eigenvalue weighted by atomic mass is 10.0. The summed E-state index contributed by atoms with van der Waals surface area (Å²) in [6.07, 6.45) is 0. The predicted molar refractivity (Wildman–Crippen MR) is 151 cm³/mol. The van der Waals surface area contributed by atoms with Crippen molar-refractivity contribution in [2.75, 3.05) is 18.2 Å². The second-order valence-electron chi connectivity index (χ2n) is 8.69. The summed E-state index contributed by atoms with van der Waals surface area (Å²) in [6, 6.07) is 15.7. The van der Waals surface area contributed by atoms with E-state index in [1.54, 1.807) is 0 Å². The van der Waals surface area contributed by atoms with Crippen molar-refractivity contribution in [1.29, 1.82) is 0 Å². The van der Waals surface area contributed by atoms with Gasteiger partial charge in [-0.05, 0) is 56.5 Å². The number of esters is 1. The number of nitrogens with one attached hydrogen (secondary N) is 1. The number of carbonyl (C=O) groups excluding carboxylic acids is 2. The number of hydrogen-bond donors (Lipinski definition) is 1. The van der Waals surface area contributed by atoms with Crippen molar-refractivity contribution in [2.45, 2.75) is 46.0 Å². The maximum Gasteiger partial charge on any atom is 0.341 e. The van der Waals surface area contributed by atoms with Crippen LogP contribution in [0.1, 0.15) is 39.1 Å². The average molecular weight is 551 g/mol. The van der Waals surface area contributed by atoms with Crippen LogP contribution in [0.5, 0.6) is 5.75 Å². The molecule has 0 saturated carbocycles. The number of nitrogens with zero attached hydrogens (tertiary/aromatic N) is 3. The first kappa shape index (κ1) is 27.4. The molecule has 0 saturated heterocycles. The number of benzene rings is 2. The lowest BCUT2D eigenvalue weighted by molar-refractivity contribution is -0.113. The number of rotatable bonds is 10. The van der Waals surface area contributed by atoms with E-state index in [0.717, 1.165) is 32.9 Å². The molecule has 8 nitrogen and oxygen atoms in total. The van der Waals surface area contributed by atoms with E-state index < -0.39 is 5.97 Å². The molecule has 1 amide bonds. The molecule has 4 rings (SSSR count). The van der Waals surface area contributed by atoms with Crippen molar-refractivity contribution in [3.8, 4) is 16.9 Å². The van der Waals surface area contributed by atoms with Gasteiger partial charge in [0.2, 0.25) is 5.91 Å². The van der Waals surface area contributed by atoms with Crippen molar-refractivity contribution in [3.63, 3.8) is 0 Å². The molecule has 0 atom stereocenters. The van der Waals surface area contributed by atoms with Gasteiger partial charge in [0.15, 0.2) is 11.0 Å². The van der Waals surface area contributed by atoms with Crippen LogP contribution in [0.4, 0.5) is 5.00 Å². The van der Waals surface area contributed by atoms with E-state index >= 15 is 0 Å². The number of methoxy groups -OCH3 is 1. The number of thioether (sulfide) groups is 1. The highest BCUT2D eigenvalue weighted by Crippen LogP contribution is 2.40. The zero-order chi connectivity index (χ0) is 27.2. The Balaban J connectivity index is 1.45. The Hall–Kier alpha value is -3.63. The fourth-order valence-electron chi connectivity index (χ4n) is 4.19. The van der Waals surface area contributed by atoms with Crippen molar-refractivity contribution in [2.24, 2.45) is 0 Å². The van der Waals surface area contributed by atoms with Crippen LogP contribution >= 0.6 is 23.1 Å². The highest BCUT2D eigenvalue weighted by atomic mass is 32.2. The topological polar surface area (TPSA) is 95.3 Å². The van der Waals surface area contributed by atoms with Gasteiger partial charge >= 0.3 is 5.97 Å². The van der Waals surface area contributed by atoms with Crippen LogP contribution in [0.2, 0.25) is 0 Å². The quantitative estimate of drug-likeness (QED) is 0.190. The molecule has 2 aromatic carbocycles. The SMILES string of the molecule is CCn1c(COc2cc(C)cc(C)c2)nnc1SCC(=O)Nc1sc(C)c(-c2ccccc2)c1C(=O)OC. The summed E-state index contributed by atoms with van der Waals surface area (Å²) in [4.78, 5) is 26.5. The molecule has 0 aliphatic heterocycles. The van der Waals surface area contributed by atoms with Crippen molar-refractivity contribution in [3.05, 3.63) is 75.9 Å². The minimum absolute atomic E-state index is 0.105. The highest BCUT2D eigenvalue weighted by Gasteiger charge is 2.25. The molecule has 38 heavy (non-hydrogen) atoms. The molecular formula is C28H30N4O4S2. The van der Waals surface area contributed by atoms with Crippen LogP contribution < -0.4 is 10.1 Å². The molecule has 0 spiro atoms. The van der Waals surface area contributed by atoms with Crippen LogP contribution in [0.25, 0.3) is 11.1 Å². The maximum absolute atomic E-state index is 12.9. The molecule has 198 valence electrons. The Morgan fingerprint density at radius 1 is 1.05 bits per heavy atom. The Kier molecular flexibility index (Phi) is 8.85. The number of amides is 1. The molecular weight excluding hydrogens is 520 g/mol. The number of thiophene rings is 1. The highest BCUT2D eigenvalue weighted by molar-refractivity contribution is 7.99. The number of aromatic nitrogens is 3. The van der Waals surface area contributed by atoms with Gasteiger partial charge in [-0.25, -0.2) is 4.79 Å². The Morgan fingerprint density at radius 2 is 1.76 bits per heavy atom. The molecule has 0 aliphatic carbocycles. The van der Waals surface area contributed by atoms with E-state index in [2.05, 4.69) is 21.6 Å². The second-order valence-corrected chi connectivity index (χ2v) is 10.9. The van der Waals surface area contributed by atoms with Gasteiger partial charge in [-0.1, -0.05) is 48.2 Å². The van der Waals surface area contributed by atoms with Gasteiger partial charge in [0.1, 0.15) is 22.9 Å². The summed E-state index contributed by atoms with van der Waals surface area (Å²) in [5.74, 6) is 0.831. The van der Waals surface area contributed by atoms with Crippen LogP contribution in [0.15, 0.2) is 53.7 Å². The standard InChI is InChI=1S/C28H30N4O4S2/c1-6-32-22(15-36-21-13-17(2)12-18(3)14-21)30-31-28(32)37-16-23(33)29-26-25(27(34)35-5)24(19(4)38-26)20-10-8-7-9-11-20/h7-14H,6,15-16H2,1-5H3,(H,29,33). The first-order valence-corrected chi connectivity index (χ1v) is 13.9. The number of aryl methyl sites for hydroxylation is 3. The average Bonchev–Trinajstić information content (AvgIpc) is 3.45. The van der Waals surface area contributed by atoms with Crippen molar-refractivity contribution < 1.29 is 19.1 Å². The van der Waals surface area contributed by atoms with Crippen LogP contribution in [-0.2, 0) is 22.7 Å². The first-order valence-electron chi connectivity index (χ1n) is 12.1. The van der Waals surface area contributed by atoms with E-state index in [1.165, 1.54) is 30.2 Å². The zero-order valence-electron chi connectivity index (χ0n) is 22.0. The maximum atomic E-state index is 12.9. The lowest BCUT2D eigenvalue weighted by Gasteiger charge is -2.10. The van der Waals surface area contributed by atoms with E-state index in [9.17, 15) is 9.59 Å². The van der Waals surface area contributed by atoms with Crippen LogP contribution in [0.3, 0.4) is 0 Å². The van der Waals surface area contributed by atoms with E-state index in [-0.39, 0.29) is 18.3 Å². The molecule has 0 bridgehead atoms. The Labute approximate surface area is 230 Å². The minimum atomic E-state index is -0.490. The molecule has 1 N–H and O–H groups in total. The summed E-state index contributed by atoms with van der Waals surface area (Å²) in [6.45, 7) is 8.89. The monoisotopic (exact) mass is 550 g/mol. The summed E-state index contributed by atoms with van der Waals surface area (Å²) in [5, 5.41) is 12.6. The van der Waals surface area contributed by atoms with Crippen LogP contribution in [-0.4, -0.2) is 39.5 Å². The third kappa shape index (κ3) is 6.25. The van der Waals surface area contributed by atoms with Gasteiger partial charge in [0.05, 0.1) is 12.9 Å². The number of anilines is 1. The van der Waals surface area contributed by atoms with E-state index in [0.29, 0.717) is 28.1 Å². The smallest absolute Gasteiger partial charge is 0.341 e. The number of hydrogen-bond acceptors (Lipinski definition) is 8. The first-order chi connectivity index (χ1) is 18.3. The third-order valence-electron chi connectivity index (χ3n) is 5.79. The molecule has 2 aromatic heterocycles. The molecule has 0 fully saturated rings. The third-order valence-corrected chi connectivity index (χ3v) is 7.78.